The van der Waals surface area contributed by atoms with Gasteiger partial charge < -0.3 is 18.6 Å². The van der Waals surface area contributed by atoms with E-state index in [4.69, 9.17) is 4.42 Å². The van der Waals surface area contributed by atoms with Crippen LogP contribution in [-0.2, 0) is 0 Å². The summed E-state index contributed by atoms with van der Waals surface area (Å²) in [7, 11) is 4.24. The van der Waals surface area contributed by atoms with Crippen LogP contribution >= 0.6 is 0 Å². The normalized spacial score (nSPS) is 17.0. The van der Waals surface area contributed by atoms with Gasteiger partial charge in [-0.1, -0.05) is 0 Å². The molecule has 1 fully saturated rings. The molecule has 0 amide bonds. The van der Waals surface area contributed by atoms with Crippen molar-refractivity contribution in [2.24, 2.45) is 0 Å². The second-order valence-corrected chi connectivity index (χ2v) is 8.35. The van der Waals surface area contributed by atoms with Crippen LogP contribution in [0.2, 0.25) is 0 Å². The minimum atomic E-state index is -0.377. The average Bonchev–Trinajstić information content (AvgIpc) is 3.34. The molecule has 154 valence electrons. The highest BCUT2D eigenvalue weighted by Gasteiger charge is 2.24. The maximum Gasteiger partial charge on any atom is 0.345 e. The molecule has 5 rings (SSSR count). The summed E-state index contributed by atoms with van der Waals surface area (Å²) in [6.07, 6.45) is 4.90. The lowest BCUT2D eigenvalue weighted by atomic mass is 10.1. The Morgan fingerprint density at radius 2 is 1.97 bits per heavy atom. The van der Waals surface area contributed by atoms with Crippen LogP contribution in [0.25, 0.3) is 27.9 Å². The van der Waals surface area contributed by atoms with Crippen molar-refractivity contribution in [1.82, 2.24) is 19.3 Å². The van der Waals surface area contributed by atoms with Gasteiger partial charge in [0.05, 0.1) is 22.6 Å². The van der Waals surface area contributed by atoms with Crippen molar-refractivity contribution in [2.45, 2.75) is 26.3 Å². The Balaban J connectivity index is 1.53. The van der Waals surface area contributed by atoms with E-state index < -0.39 is 0 Å². The van der Waals surface area contributed by atoms with Crippen LogP contribution in [0.1, 0.15) is 17.8 Å². The molecule has 1 aliphatic rings. The molecule has 0 aliphatic carbocycles. The molecule has 1 aliphatic heterocycles. The van der Waals surface area contributed by atoms with Crippen LogP contribution in [0.3, 0.4) is 0 Å². The van der Waals surface area contributed by atoms with Crippen LogP contribution in [0.5, 0.6) is 0 Å². The van der Waals surface area contributed by atoms with E-state index in [9.17, 15) is 4.79 Å². The van der Waals surface area contributed by atoms with E-state index >= 15 is 0 Å². The third-order valence-electron chi connectivity index (χ3n) is 5.98. The van der Waals surface area contributed by atoms with Gasteiger partial charge in [0.2, 0.25) is 0 Å². The molecule has 0 radical (unpaired) electrons. The molecule has 0 saturated carbocycles. The first-order chi connectivity index (χ1) is 14.4. The Bertz CT molecular complexity index is 1320. The number of hydrogen-bond donors (Lipinski definition) is 0. The SMILES string of the molecule is Cc1cn2cc(-c3cc4ccc(N5CCC(N(C)C)C5)cc4oc3=O)nc2c(C)n1. The number of fused-ring (bicyclic) bond motifs is 2. The Morgan fingerprint density at radius 3 is 2.73 bits per heavy atom. The molecule has 1 saturated heterocycles. The van der Waals surface area contributed by atoms with Crippen LogP contribution < -0.4 is 10.5 Å². The third-order valence-corrected chi connectivity index (χ3v) is 5.98. The predicted octanol–water partition coefficient (Wildman–Crippen LogP) is 3.26. The van der Waals surface area contributed by atoms with Crippen molar-refractivity contribution in [3.05, 3.63) is 58.5 Å². The van der Waals surface area contributed by atoms with E-state index in [0.717, 1.165) is 47.6 Å². The molecule has 0 spiro atoms. The van der Waals surface area contributed by atoms with Crippen molar-refractivity contribution in [1.29, 1.82) is 0 Å². The van der Waals surface area contributed by atoms with Crippen molar-refractivity contribution < 1.29 is 4.42 Å². The number of benzene rings is 1. The first-order valence-corrected chi connectivity index (χ1v) is 10.2. The average molecular weight is 403 g/mol. The number of aryl methyl sites for hydroxylation is 2. The summed E-state index contributed by atoms with van der Waals surface area (Å²) in [5, 5.41) is 0.889. The Hall–Kier alpha value is -3.19. The topological polar surface area (TPSA) is 66.9 Å². The Labute approximate surface area is 174 Å². The smallest absolute Gasteiger partial charge is 0.345 e. The van der Waals surface area contributed by atoms with Gasteiger partial charge in [-0.05, 0) is 52.6 Å². The molecule has 4 aromatic rings. The fourth-order valence-corrected chi connectivity index (χ4v) is 4.31. The fourth-order valence-electron chi connectivity index (χ4n) is 4.31. The number of imidazole rings is 1. The lowest BCUT2D eigenvalue weighted by Crippen LogP contribution is -2.31. The van der Waals surface area contributed by atoms with Crippen LogP contribution in [0.15, 0.2) is 45.9 Å². The van der Waals surface area contributed by atoms with Crippen LogP contribution in [-0.4, -0.2) is 52.5 Å². The molecule has 7 nitrogen and oxygen atoms in total. The highest BCUT2D eigenvalue weighted by atomic mass is 16.4. The lowest BCUT2D eigenvalue weighted by Gasteiger charge is -2.22. The number of nitrogens with zero attached hydrogens (tertiary/aromatic N) is 5. The number of aromatic nitrogens is 3. The van der Waals surface area contributed by atoms with Gasteiger partial charge in [0.25, 0.3) is 0 Å². The second kappa shape index (κ2) is 6.95. The van der Waals surface area contributed by atoms with Gasteiger partial charge in [0.15, 0.2) is 5.65 Å². The molecule has 1 unspecified atom stereocenters. The van der Waals surface area contributed by atoms with Gasteiger partial charge >= 0.3 is 5.63 Å². The summed E-state index contributed by atoms with van der Waals surface area (Å²) in [6, 6.07) is 8.51. The molecule has 3 aromatic heterocycles. The first kappa shape index (κ1) is 18.8. The van der Waals surface area contributed by atoms with E-state index in [1.165, 1.54) is 0 Å². The zero-order valence-corrected chi connectivity index (χ0v) is 17.7. The summed E-state index contributed by atoms with van der Waals surface area (Å²) in [4.78, 5) is 26.5. The highest BCUT2D eigenvalue weighted by Crippen LogP contribution is 2.28. The highest BCUT2D eigenvalue weighted by molar-refractivity contribution is 5.84. The molecular weight excluding hydrogens is 378 g/mol. The van der Waals surface area contributed by atoms with E-state index in [1.807, 2.05) is 48.8 Å². The predicted molar refractivity (Wildman–Crippen MR) is 118 cm³/mol. The molecule has 0 N–H and O–H groups in total. The zero-order chi connectivity index (χ0) is 21.0. The maximum absolute atomic E-state index is 12.8. The quantitative estimate of drug-likeness (QED) is 0.489. The maximum atomic E-state index is 12.8. The first-order valence-electron chi connectivity index (χ1n) is 10.2. The summed E-state index contributed by atoms with van der Waals surface area (Å²) >= 11 is 0. The minimum Gasteiger partial charge on any atom is -0.422 e. The number of anilines is 1. The number of rotatable bonds is 3. The van der Waals surface area contributed by atoms with Gasteiger partial charge in [-0.25, -0.2) is 9.78 Å². The standard InChI is InChI=1S/C23H25N5O2/c1-14-11-28-13-20(25-22(28)15(2)24-14)19-9-16-5-6-17(10-21(16)30-23(19)29)27-8-7-18(12-27)26(3)4/h5-6,9-11,13,18H,7-8,12H2,1-4H3. The van der Waals surface area contributed by atoms with E-state index in [0.29, 0.717) is 22.9 Å². The summed E-state index contributed by atoms with van der Waals surface area (Å²) in [6.45, 7) is 5.84. The van der Waals surface area contributed by atoms with Crippen molar-refractivity contribution >= 4 is 22.3 Å². The Kier molecular flexibility index (Phi) is 4.36. The molecule has 0 bridgehead atoms. The van der Waals surface area contributed by atoms with Gasteiger partial charge in [0.1, 0.15) is 5.58 Å². The molecule has 7 heteroatoms. The van der Waals surface area contributed by atoms with Gasteiger partial charge in [-0.15, -0.1) is 0 Å². The molecule has 1 aromatic carbocycles. The van der Waals surface area contributed by atoms with Crippen LogP contribution in [0.4, 0.5) is 5.69 Å². The second-order valence-electron chi connectivity index (χ2n) is 8.35. The Morgan fingerprint density at radius 1 is 1.13 bits per heavy atom. The van der Waals surface area contributed by atoms with Gasteiger partial charge in [0, 0.05) is 48.7 Å². The largest absolute Gasteiger partial charge is 0.422 e. The number of likely N-dealkylation sites (N-methyl/N-ethyl adjacent to an activating group) is 1. The summed E-state index contributed by atoms with van der Waals surface area (Å²) in [5.41, 5.74) is 4.86. The van der Waals surface area contributed by atoms with Crippen molar-refractivity contribution in [3.63, 3.8) is 0 Å². The van der Waals surface area contributed by atoms with E-state index in [1.54, 1.807) is 0 Å². The molecule has 30 heavy (non-hydrogen) atoms. The molecule has 4 heterocycles. The minimum absolute atomic E-state index is 0.377. The van der Waals surface area contributed by atoms with Gasteiger partial charge in [-0.2, -0.15) is 0 Å². The fraction of sp³-hybridized carbons (Fsp3) is 0.348. The van der Waals surface area contributed by atoms with Crippen molar-refractivity contribution in [2.75, 3.05) is 32.1 Å². The lowest BCUT2D eigenvalue weighted by molar-refractivity contribution is 0.315. The van der Waals surface area contributed by atoms with E-state index in [2.05, 4.69) is 39.9 Å². The summed E-state index contributed by atoms with van der Waals surface area (Å²) < 4.78 is 7.63. The molecule has 1 atom stereocenters. The van der Waals surface area contributed by atoms with Crippen LogP contribution in [0, 0.1) is 13.8 Å². The zero-order valence-electron chi connectivity index (χ0n) is 17.7. The monoisotopic (exact) mass is 403 g/mol. The summed E-state index contributed by atoms with van der Waals surface area (Å²) in [5.74, 6) is 0. The van der Waals surface area contributed by atoms with E-state index in [-0.39, 0.29) is 5.63 Å². The van der Waals surface area contributed by atoms with Gasteiger partial charge in [-0.3, -0.25) is 4.98 Å². The van der Waals surface area contributed by atoms with Crippen molar-refractivity contribution in [3.8, 4) is 11.3 Å². The number of hydrogen-bond acceptors (Lipinski definition) is 6. The third kappa shape index (κ3) is 3.15. The molecular formula is C23H25N5O2.